The molecule has 0 N–H and O–H groups in total. The highest BCUT2D eigenvalue weighted by Gasteiger charge is 2.44. The molecule has 0 heterocycles. The number of ether oxygens (including phenoxy) is 1. The zero-order valence-corrected chi connectivity index (χ0v) is 16.0. The summed E-state index contributed by atoms with van der Waals surface area (Å²) in [5.41, 5.74) is 8.58. The van der Waals surface area contributed by atoms with E-state index in [1.165, 1.54) is 53.7 Å². The van der Waals surface area contributed by atoms with Crippen molar-refractivity contribution in [3.63, 3.8) is 0 Å². The Labute approximate surface area is 161 Å². The largest absolute Gasteiger partial charge is 0.497 e. The average molecular weight is 355 g/mol. The van der Waals surface area contributed by atoms with Crippen LogP contribution < -0.4 is 9.64 Å². The first kappa shape index (κ1) is 16.4. The van der Waals surface area contributed by atoms with Gasteiger partial charge < -0.3 is 9.64 Å². The number of anilines is 2. The molecule has 1 saturated carbocycles. The molecule has 27 heavy (non-hydrogen) atoms. The second kappa shape index (κ2) is 6.16. The van der Waals surface area contributed by atoms with Gasteiger partial charge in [-0.2, -0.15) is 0 Å². The molecule has 3 aromatic rings. The molecule has 0 radical (unpaired) electrons. The van der Waals surface area contributed by atoms with Crippen molar-refractivity contribution in [2.24, 2.45) is 0 Å². The maximum atomic E-state index is 5.30. The highest BCUT2D eigenvalue weighted by atomic mass is 16.5. The fourth-order valence-electron chi connectivity index (χ4n) is 5.12. The third-order valence-corrected chi connectivity index (χ3v) is 6.56. The molecule has 5 rings (SSSR count). The second-order valence-electron chi connectivity index (χ2n) is 7.82. The highest BCUT2D eigenvalue weighted by Crippen LogP contribution is 2.57. The van der Waals surface area contributed by atoms with Gasteiger partial charge in [0.15, 0.2) is 0 Å². The zero-order valence-electron chi connectivity index (χ0n) is 16.0. The Bertz CT molecular complexity index is 983. The molecule has 0 amide bonds. The topological polar surface area (TPSA) is 12.5 Å². The van der Waals surface area contributed by atoms with Gasteiger partial charge in [-0.05, 0) is 71.5 Å². The molecule has 0 aliphatic heterocycles. The molecular weight excluding hydrogens is 330 g/mol. The molecule has 1 fully saturated rings. The molecule has 1 spiro atoms. The van der Waals surface area contributed by atoms with Gasteiger partial charge in [-0.3, -0.25) is 0 Å². The van der Waals surface area contributed by atoms with Crippen LogP contribution in [0.2, 0.25) is 0 Å². The molecular formula is C25H25NO. The van der Waals surface area contributed by atoms with Crippen LogP contribution in [-0.4, -0.2) is 14.2 Å². The fraction of sp³-hybridized carbons (Fsp3) is 0.280. The lowest BCUT2D eigenvalue weighted by atomic mass is 9.76. The number of hydrogen-bond acceptors (Lipinski definition) is 2. The molecule has 2 aliphatic carbocycles. The van der Waals surface area contributed by atoms with Gasteiger partial charge in [-0.25, -0.2) is 0 Å². The summed E-state index contributed by atoms with van der Waals surface area (Å²) in [5, 5.41) is 0. The van der Waals surface area contributed by atoms with Gasteiger partial charge in [0.1, 0.15) is 5.75 Å². The van der Waals surface area contributed by atoms with E-state index in [9.17, 15) is 0 Å². The first-order valence-electron chi connectivity index (χ1n) is 9.85. The summed E-state index contributed by atoms with van der Waals surface area (Å²) < 4.78 is 5.30. The summed E-state index contributed by atoms with van der Waals surface area (Å²) in [6, 6.07) is 24.3. The maximum absolute atomic E-state index is 5.30. The van der Waals surface area contributed by atoms with Crippen LogP contribution in [-0.2, 0) is 5.41 Å². The molecule has 0 aromatic heterocycles. The Balaban J connectivity index is 1.60. The highest BCUT2D eigenvalue weighted by molar-refractivity contribution is 5.83. The van der Waals surface area contributed by atoms with Crippen LogP contribution in [0, 0.1) is 0 Å². The van der Waals surface area contributed by atoms with Crippen LogP contribution in [0.1, 0.15) is 36.8 Å². The third kappa shape index (κ3) is 2.39. The zero-order chi connectivity index (χ0) is 18.4. The van der Waals surface area contributed by atoms with E-state index in [1.54, 1.807) is 12.7 Å². The quantitative estimate of drug-likeness (QED) is 0.546. The van der Waals surface area contributed by atoms with Crippen molar-refractivity contribution in [2.45, 2.75) is 31.1 Å². The first-order chi connectivity index (χ1) is 13.2. The average Bonchev–Trinajstić information content (AvgIpc) is 3.33. The first-order valence-corrected chi connectivity index (χ1v) is 9.85. The minimum atomic E-state index is 0.225. The lowest BCUT2D eigenvalue weighted by Crippen LogP contribution is -2.21. The van der Waals surface area contributed by atoms with E-state index < -0.39 is 0 Å². The maximum Gasteiger partial charge on any atom is 0.119 e. The Kier molecular flexibility index (Phi) is 3.75. The number of fused-ring (bicyclic) bond motifs is 5. The lowest BCUT2D eigenvalue weighted by molar-refractivity contribution is 0.415. The van der Waals surface area contributed by atoms with Crippen molar-refractivity contribution in [3.8, 4) is 16.9 Å². The monoisotopic (exact) mass is 355 g/mol. The second-order valence-corrected chi connectivity index (χ2v) is 7.82. The molecule has 0 saturated heterocycles. The molecule has 0 unspecified atom stereocenters. The van der Waals surface area contributed by atoms with Gasteiger partial charge in [0.05, 0.1) is 7.11 Å². The fourth-order valence-corrected chi connectivity index (χ4v) is 5.12. The Morgan fingerprint density at radius 2 is 1.44 bits per heavy atom. The van der Waals surface area contributed by atoms with Gasteiger partial charge in [0.25, 0.3) is 0 Å². The Morgan fingerprint density at radius 1 is 0.778 bits per heavy atom. The van der Waals surface area contributed by atoms with Crippen molar-refractivity contribution < 1.29 is 4.74 Å². The van der Waals surface area contributed by atoms with Gasteiger partial charge in [0.2, 0.25) is 0 Å². The summed E-state index contributed by atoms with van der Waals surface area (Å²) in [7, 11) is 3.85. The van der Waals surface area contributed by atoms with Crippen LogP contribution in [0.25, 0.3) is 11.1 Å². The molecule has 0 bridgehead atoms. The minimum Gasteiger partial charge on any atom is -0.497 e. The molecule has 136 valence electrons. The predicted octanol–water partition coefficient (Wildman–Crippen LogP) is 6.30. The third-order valence-electron chi connectivity index (χ3n) is 6.56. The van der Waals surface area contributed by atoms with Crippen molar-refractivity contribution in [3.05, 3.63) is 77.9 Å². The summed E-state index contributed by atoms with van der Waals surface area (Å²) in [6.07, 6.45) is 5.19. The number of hydrogen-bond donors (Lipinski definition) is 0. The molecule has 2 heteroatoms. The Hall–Kier alpha value is -2.74. The molecule has 2 aliphatic rings. The van der Waals surface area contributed by atoms with E-state index in [-0.39, 0.29) is 5.41 Å². The normalized spacial score (nSPS) is 16.2. The summed E-state index contributed by atoms with van der Waals surface area (Å²) in [6.45, 7) is 0. The number of nitrogens with zero attached hydrogens (tertiary/aromatic N) is 1. The molecule has 0 atom stereocenters. The van der Waals surface area contributed by atoms with Gasteiger partial charge in [-0.1, -0.05) is 43.2 Å². The molecule has 3 aromatic carbocycles. The van der Waals surface area contributed by atoms with Crippen molar-refractivity contribution in [1.82, 2.24) is 0 Å². The van der Waals surface area contributed by atoms with E-state index in [2.05, 4.69) is 66.5 Å². The van der Waals surface area contributed by atoms with Crippen molar-refractivity contribution in [2.75, 3.05) is 19.1 Å². The smallest absolute Gasteiger partial charge is 0.119 e. The SMILES string of the molecule is COc1ccc(N(C)c2ccc3c(c2)C2(CCCC2)c2ccccc2-3)cc1. The van der Waals surface area contributed by atoms with Crippen LogP contribution in [0.5, 0.6) is 5.75 Å². The lowest BCUT2D eigenvalue weighted by Gasteiger charge is -2.28. The summed E-state index contributed by atoms with van der Waals surface area (Å²) in [4.78, 5) is 2.27. The summed E-state index contributed by atoms with van der Waals surface area (Å²) in [5.74, 6) is 0.890. The predicted molar refractivity (Wildman–Crippen MR) is 112 cm³/mol. The van der Waals surface area contributed by atoms with Gasteiger partial charge in [-0.15, -0.1) is 0 Å². The van der Waals surface area contributed by atoms with E-state index in [0.717, 1.165) is 5.75 Å². The van der Waals surface area contributed by atoms with Gasteiger partial charge in [0, 0.05) is 23.8 Å². The van der Waals surface area contributed by atoms with Crippen molar-refractivity contribution in [1.29, 1.82) is 0 Å². The standard InChI is InChI=1S/C25H25NO/c1-26(18-9-12-20(27-2)13-10-18)19-11-14-22-21-7-3-4-8-23(21)25(24(22)17-19)15-5-6-16-25/h3-4,7-14,17H,5-6,15-16H2,1-2H3. The van der Waals surface area contributed by atoms with Crippen LogP contribution in [0.4, 0.5) is 11.4 Å². The number of methoxy groups -OCH3 is 1. The number of benzene rings is 3. The van der Waals surface area contributed by atoms with Crippen LogP contribution in [0.15, 0.2) is 66.7 Å². The van der Waals surface area contributed by atoms with E-state index in [1.807, 2.05) is 12.1 Å². The van der Waals surface area contributed by atoms with Crippen LogP contribution >= 0.6 is 0 Å². The number of rotatable bonds is 3. The van der Waals surface area contributed by atoms with E-state index >= 15 is 0 Å². The molecule has 2 nitrogen and oxygen atoms in total. The minimum absolute atomic E-state index is 0.225. The van der Waals surface area contributed by atoms with Crippen molar-refractivity contribution >= 4 is 11.4 Å². The van der Waals surface area contributed by atoms with Gasteiger partial charge >= 0.3 is 0 Å². The summed E-state index contributed by atoms with van der Waals surface area (Å²) >= 11 is 0. The van der Waals surface area contributed by atoms with Crippen LogP contribution in [0.3, 0.4) is 0 Å². The van der Waals surface area contributed by atoms with E-state index in [0.29, 0.717) is 0 Å². The van der Waals surface area contributed by atoms with E-state index in [4.69, 9.17) is 4.74 Å². The Morgan fingerprint density at radius 3 is 2.19 bits per heavy atom.